The predicted molar refractivity (Wildman–Crippen MR) is 52.2 cm³/mol. The number of aromatic nitrogens is 1. The number of nitrogens with one attached hydrogen (secondary N) is 2. The summed E-state index contributed by atoms with van der Waals surface area (Å²) < 4.78 is 4.65. The minimum Gasteiger partial charge on any atom is -0.464 e. The van der Waals surface area contributed by atoms with Crippen molar-refractivity contribution in [2.24, 2.45) is 0 Å². The average molecular weight is 194 g/mol. The number of hydrogen-bond acceptors (Lipinski definition) is 3. The molecule has 1 aliphatic rings. The van der Waals surface area contributed by atoms with Gasteiger partial charge in [0.05, 0.1) is 7.11 Å². The summed E-state index contributed by atoms with van der Waals surface area (Å²) >= 11 is 0. The molecule has 0 atom stereocenters. The molecule has 2 rings (SSSR count). The van der Waals surface area contributed by atoms with Gasteiger partial charge >= 0.3 is 5.97 Å². The molecule has 14 heavy (non-hydrogen) atoms. The van der Waals surface area contributed by atoms with Crippen molar-refractivity contribution in [3.05, 3.63) is 23.0 Å². The van der Waals surface area contributed by atoms with Gasteiger partial charge in [-0.05, 0) is 31.0 Å². The Morgan fingerprint density at radius 3 is 3.21 bits per heavy atom. The van der Waals surface area contributed by atoms with Crippen LogP contribution in [-0.2, 0) is 17.7 Å². The Kier molecular flexibility index (Phi) is 2.54. The molecule has 76 valence electrons. The Morgan fingerprint density at radius 1 is 1.57 bits per heavy atom. The maximum absolute atomic E-state index is 11.2. The number of methoxy groups -OCH3 is 1. The maximum atomic E-state index is 11.2. The number of carbonyl (C=O) groups is 1. The molecule has 1 aromatic rings. The highest BCUT2D eigenvalue weighted by Gasteiger charge is 2.15. The van der Waals surface area contributed by atoms with Crippen molar-refractivity contribution in [2.45, 2.75) is 19.4 Å². The van der Waals surface area contributed by atoms with Crippen molar-refractivity contribution in [1.82, 2.24) is 10.3 Å². The van der Waals surface area contributed by atoms with Gasteiger partial charge in [0.2, 0.25) is 0 Å². The van der Waals surface area contributed by atoms with E-state index in [1.807, 2.05) is 6.07 Å². The van der Waals surface area contributed by atoms with E-state index in [-0.39, 0.29) is 5.97 Å². The van der Waals surface area contributed by atoms with Crippen LogP contribution in [0.3, 0.4) is 0 Å². The summed E-state index contributed by atoms with van der Waals surface area (Å²) in [6.07, 6.45) is 2.10. The van der Waals surface area contributed by atoms with Crippen LogP contribution in [0.2, 0.25) is 0 Å². The molecule has 0 aromatic carbocycles. The quantitative estimate of drug-likeness (QED) is 0.651. The molecule has 0 radical (unpaired) electrons. The number of fused-ring (bicyclic) bond motifs is 1. The molecule has 2 N–H and O–H groups in total. The van der Waals surface area contributed by atoms with Crippen molar-refractivity contribution in [2.75, 3.05) is 13.7 Å². The van der Waals surface area contributed by atoms with Crippen LogP contribution in [0.15, 0.2) is 6.07 Å². The fourth-order valence-electron chi connectivity index (χ4n) is 1.75. The lowest BCUT2D eigenvalue weighted by Gasteiger charge is -1.96. The number of carbonyl (C=O) groups excluding carboxylic acids is 1. The van der Waals surface area contributed by atoms with Crippen molar-refractivity contribution in [3.63, 3.8) is 0 Å². The van der Waals surface area contributed by atoms with Crippen molar-refractivity contribution >= 4 is 5.97 Å². The van der Waals surface area contributed by atoms with Gasteiger partial charge in [-0.25, -0.2) is 4.79 Å². The van der Waals surface area contributed by atoms with Crippen LogP contribution in [0.1, 0.15) is 28.2 Å². The summed E-state index contributed by atoms with van der Waals surface area (Å²) in [6.45, 7) is 1.87. The predicted octanol–water partition coefficient (Wildman–Crippen LogP) is 0.837. The van der Waals surface area contributed by atoms with Crippen LogP contribution in [0.5, 0.6) is 0 Å². The van der Waals surface area contributed by atoms with E-state index in [4.69, 9.17) is 0 Å². The third kappa shape index (κ3) is 1.65. The highest BCUT2D eigenvalue weighted by Crippen LogP contribution is 2.15. The second-order valence-corrected chi connectivity index (χ2v) is 3.46. The molecule has 0 unspecified atom stereocenters. The molecule has 4 nitrogen and oxygen atoms in total. The molecule has 4 heteroatoms. The van der Waals surface area contributed by atoms with Crippen LogP contribution < -0.4 is 5.32 Å². The molecule has 1 aliphatic heterocycles. The number of ether oxygens (including phenoxy) is 1. The minimum atomic E-state index is -0.293. The summed E-state index contributed by atoms with van der Waals surface area (Å²) in [5.74, 6) is -0.293. The van der Waals surface area contributed by atoms with Crippen molar-refractivity contribution in [3.8, 4) is 0 Å². The number of rotatable bonds is 1. The monoisotopic (exact) mass is 194 g/mol. The van der Waals surface area contributed by atoms with Gasteiger partial charge in [0.1, 0.15) is 5.69 Å². The minimum absolute atomic E-state index is 0.293. The number of aromatic amines is 1. The van der Waals surface area contributed by atoms with E-state index < -0.39 is 0 Å². The lowest BCUT2D eigenvalue weighted by Crippen LogP contribution is -2.11. The molecular formula is C10H14N2O2. The maximum Gasteiger partial charge on any atom is 0.354 e. The van der Waals surface area contributed by atoms with Gasteiger partial charge in [0, 0.05) is 12.2 Å². The lowest BCUT2D eigenvalue weighted by molar-refractivity contribution is 0.0594. The van der Waals surface area contributed by atoms with Crippen LogP contribution >= 0.6 is 0 Å². The largest absolute Gasteiger partial charge is 0.464 e. The number of aryl methyl sites for hydroxylation is 1. The zero-order valence-corrected chi connectivity index (χ0v) is 8.22. The zero-order valence-electron chi connectivity index (χ0n) is 8.22. The third-order valence-corrected chi connectivity index (χ3v) is 2.49. The van der Waals surface area contributed by atoms with Crippen LogP contribution in [-0.4, -0.2) is 24.6 Å². The Bertz CT molecular complexity index is 320. The van der Waals surface area contributed by atoms with Gasteiger partial charge in [0.15, 0.2) is 0 Å². The molecule has 0 saturated heterocycles. The highest BCUT2D eigenvalue weighted by atomic mass is 16.5. The molecule has 0 aliphatic carbocycles. The van der Waals surface area contributed by atoms with Gasteiger partial charge in [-0.1, -0.05) is 0 Å². The van der Waals surface area contributed by atoms with E-state index in [1.165, 1.54) is 12.7 Å². The molecule has 0 spiro atoms. The first-order chi connectivity index (χ1) is 6.81. The van der Waals surface area contributed by atoms with Crippen molar-refractivity contribution < 1.29 is 9.53 Å². The molecular weight excluding hydrogens is 180 g/mol. The first-order valence-corrected chi connectivity index (χ1v) is 4.81. The van der Waals surface area contributed by atoms with E-state index in [0.717, 1.165) is 31.6 Å². The summed E-state index contributed by atoms with van der Waals surface area (Å²) in [4.78, 5) is 14.4. The molecule has 2 heterocycles. The zero-order chi connectivity index (χ0) is 9.97. The average Bonchev–Trinajstić information content (AvgIpc) is 2.49. The summed E-state index contributed by atoms with van der Waals surface area (Å²) in [6, 6.07) is 1.87. The lowest BCUT2D eigenvalue weighted by atomic mass is 10.2. The van der Waals surface area contributed by atoms with Crippen LogP contribution in [0, 0.1) is 0 Å². The van der Waals surface area contributed by atoms with E-state index >= 15 is 0 Å². The highest BCUT2D eigenvalue weighted by molar-refractivity contribution is 5.87. The van der Waals surface area contributed by atoms with E-state index in [9.17, 15) is 4.79 Å². The molecule has 0 saturated carbocycles. The van der Waals surface area contributed by atoms with Gasteiger partial charge in [-0.3, -0.25) is 0 Å². The van der Waals surface area contributed by atoms with E-state index in [1.54, 1.807) is 0 Å². The first-order valence-electron chi connectivity index (χ1n) is 4.81. The van der Waals surface area contributed by atoms with Gasteiger partial charge in [-0.2, -0.15) is 0 Å². The second kappa shape index (κ2) is 3.84. The Balaban J connectivity index is 2.26. The Labute approximate surface area is 82.6 Å². The molecule has 0 fully saturated rings. The Morgan fingerprint density at radius 2 is 2.43 bits per heavy atom. The summed E-state index contributed by atoms with van der Waals surface area (Å²) in [7, 11) is 1.40. The normalized spacial score (nSPS) is 15.8. The third-order valence-electron chi connectivity index (χ3n) is 2.49. The van der Waals surface area contributed by atoms with Gasteiger partial charge < -0.3 is 15.0 Å². The van der Waals surface area contributed by atoms with Gasteiger partial charge in [0.25, 0.3) is 0 Å². The topological polar surface area (TPSA) is 54.1 Å². The number of hydrogen-bond donors (Lipinski definition) is 2. The number of H-pyrrole nitrogens is 1. The van der Waals surface area contributed by atoms with E-state index in [0.29, 0.717) is 5.69 Å². The summed E-state index contributed by atoms with van der Waals surface area (Å²) in [5, 5.41) is 3.30. The fourth-order valence-corrected chi connectivity index (χ4v) is 1.75. The van der Waals surface area contributed by atoms with Crippen LogP contribution in [0.4, 0.5) is 0 Å². The summed E-state index contributed by atoms with van der Waals surface area (Å²) in [5.41, 5.74) is 2.90. The molecule has 1 aromatic heterocycles. The smallest absolute Gasteiger partial charge is 0.354 e. The number of esters is 1. The van der Waals surface area contributed by atoms with E-state index in [2.05, 4.69) is 15.0 Å². The van der Waals surface area contributed by atoms with Crippen LogP contribution in [0.25, 0.3) is 0 Å². The second-order valence-electron chi connectivity index (χ2n) is 3.46. The molecule has 0 amide bonds. The van der Waals surface area contributed by atoms with Crippen molar-refractivity contribution in [1.29, 1.82) is 0 Å². The Hall–Kier alpha value is -1.29. The van der Waals surface area contributed by atoms with Gasteiger partial charge in [-0.15, -0.1) is 0 Å². The SMILES string of the molecule is COC(=O)c1cc2c([nH]1)CCCNC2. The molecule has 0 bridgehead atoms. The first kappa shape index (κ1) is 9.27. The fraction of sp³-hybridized carbons (Fsp3) is 0.500. The standard InChI is InChI=1S/C10H14N2O2/c1-14-10(13)9-5-7-6-11-4-2-3-8(7)12-9/h5,11-12H,2-4,6H2,1H3.